The Labute approximate surface area is 191 Å². The van der Waals surface area contributed by atoms with E-state index in [-0.39, 0.29) is 54.4 Å². The molecule has 170 valence electrons. The number of esters is 1. The van der Waals surface area contributed by atoms with Gasteiger partial charge in [-0.05, 0) is 38.7 Å². The molecule has 1 fully saturated rings. The van der Waals surface area contributed by atoms with Crippen LogP contribution < -0.4 is 15.4 Å². The summed E-state index contributed by atoms with van der Waals surface area (Å²) in [5.41, 5.74) is -0.815. The molecule has 30 heavy (non-hydrogen) atoms. The van der Waals surface area contributed by atoms with Gasteiger partial charge in [0.25, 0.3) is 0 Å². The zero-order valence-corrected chi connectivity index (χ0v) is 19.3. The third-order valence-corrected chi connectivity index (χ3v) is 4.62. The number of carbonyl (C=O) groups excluding carboxylic acids is 1. The molecule has 2 rings (SSSR count). The number of nitrogens with one attached hydrogen (secondary N) is 2. The molecule has 0 aromatic carbocycles. The van der Waals surface area contributed by atoms with Gasteiger partial charge in [0.15, 0.2) is 5.96 Å². The van der Waals surface area contributed by atoms with Crippen LogP contribution in [0.5, 0.6) is 5.88 Å². The summed E-state index contributed by atoms with van der Waals surface area (Å²) in [5, 5.41) is 6.40. The third kappa shape index (κ3) is 8.52. The summed E-state index contributed by atoms with van der Waals surface area (Å²) >= 11 is 0. The molecule has 1 aliphatic rings. The van der Waals surface area contributed by atoms with Crippen LogP contribution in [0, 0.1) is 5.92 Å². The van der Waals surface area contributed by atoms with Crippen LogP contribution in [0.1, 0.15) is 38.2 Å². The molecule has 0 atom stereocenters. The molecule has 1 heterocycles. The number of aromatic nitrogens is 1. The van der Waals surface area contributed by atoms with E-state index in [1.165, 1.54) is 6.07 Å². The summed E-state index contributed by atoms with van der Waals surface area (Å²) in [6, 6.07) is 2.34. The van der Waals surface area contributed by atoms with Crippen LogP contribution >= 0.6 is 24.0 Å². The highest BCUT2D eigenvalue weighted by molar-refractivity contribution is 14.0. The number of rotatable bonds is 7. The smallest absolute Gasteiger partial charge is 0.417 e. The largest absolute Gasteiger partial charge is 0.476 e. The van der Waals surface area contributed by atoms with Crippen LogP contribution in [0.3, 0.4) is 0 Å². The second-order valence-electron chi connectivity index (χ2n) is 6.68. The lowest BCUT2D eigenvalue weighted by molar-refractivity contribution is -0.149. The highest BCUT2D eigenvalue weighted by Crippen LogP contribution is 2.29. The average molecular weight is 544 g/mol. The molecule has 11 heteroatoms. The van der Waals surface area contributed by atoms with E-state index < -0.39 is 11.7 Å². The maximum absolute atomic E-state index is 12.5. The maximum Gasteiger partial charge on any atom is 0.417 e. The zero-order valence-electron chi connectivity index (χ0n) is 17.0. The molecule has 0 aliphatic heterocycles. The van der Waals surface area contributed by atoms with Crippen molar-refractivity contribution < 1.29 is 27.4 Å². The van der Waals surface area contributed by atoms with Gasteiger partial charge in [-0.25, -0.2) is 4.98 Å². The lowest BCUT2D eigenvalue weighted by atomic mass is 9.86. The molecule has 0 amide bonds. The van der Waals surface area contributed by atoms with Crippen molar-refractivity contribution >= 4 is 35.9 Å². The molecule has 0 bridgehead atoms. The lowest BCUT2D eigenvalue weighted by Crippen LogP contribution is -2.46. The van der Waals surface area contributed by atoms with Crippen molar-refractivity contribution in [3.05, 3.63) is 23.9 Å². The maximum atomic E-state index is 12.5. The van der Waals surface area contributed by atoms with Crippen LogP contribution in [-0.4, -0.2) is 49.8 Å². The van der Waals surface area contributed by atoms with Gasteiger partial charge in [-0.2, -0.15) is 13.2 Å². The van der Waals surface area contributed by atoms with Gasteiger partial charge < -0.3 is 20.1 Å². The molecule has 0 spiro atoms. The van der Waals surface area contributed by atoms with Gasteiger partial charge in [-0.3, -0.25) is 9.79 Å². The summed E-state index contributed by atoms with van der Waals surface area (Å²) < 4.78 is 47.9. The lowest BCUT2D eigenvalue weighted by Gasteiger charge is -2.29. The minimum Gasteiger partial charge on any atom is -0.476 e. The van der Waals surface area contributed by atoms with Crippen LogP contribution in [0.15, 0.2) is 23.3 Å². The number of halogens is 4. The number of ether oxygens (including phenoxy) is 2. The second kappa shape index (κ2) is 12.8. The number of hydrogen-bond acceptors (Lipinski definition) is 5. The standard InChI is InChI=1S/C19H27F3N4O3.HI/c1-3-28-17(27)13-4-7-15(8-5-13)26-18(23-2)24-10-11-29-16-9-6-14(12-25-16)19(20,21)22;/h6,9,12-13,15H,3-5,7-8,10-11H2,1-2H3,(H2,23,24,26);1H. The molecule has 7 nitrogen and oxygen atoms in total. The van der Waals surface area contributed by atoms with Gasteiger partial charge in [0.2, 0.25) is 5.88 Å². The Bertz CT molecular complexity index is 679. The van der Waals surface area contributed by atoms with Crippen molar-refractivity contribution in [1.82, 2.24) is 15.6 Å². The number of alkyl halides is 3. The van der Waals surface area contributed by atoms with Crippen molar-refractivity contribution in [2.45, 2.75) is 44.8 Å². The topological polar surface area (TPSA) is 84.8 Å². The second-order valence-corrected chi connectivity index (χ2v) is 6.68. The van der Waals surface area contributed by atoms with Crippen LogP contribution in [0.25, 0.3) is 0 Å². The number of hydrogen-bond donors (Lipinski definition) is 2. The number of guanidine groups is 1. The van der Waals surface area contributed by atoms with E-state index in [1.807, 2.05) is 0 Å². The fraction of sp³-hybridized carbons (Fsp3) is 0.632. The van der Waals surface area contributed by atoms with E-state index in [0.717, 1.165) is 37.9 Å². The van der Waals surface area contributed by atoms with E-state index in [2.05, 4.69) is 20.6 Å². The first kappa shape index (κ1) is 26.2. The Balaban J connectivity index is 0.00000450. The molecular formula is C19H28F3IN4O3. The molecule has 1 saturated carbocycles. The van der Waals surface area contributed by atoms with Crippen molar-refractivity contribution in [2.24, 2.45) is 10.9 Å². The Morgan fingerprint density at radius 3 is 2.50 bits per heavy atom. The Morgan fingerprint density at radius 2 is 1.97 bits per heavy atom. The van der Waals surface area contributed by atoms with Gasteiger partial charge in [-0.15, -0.1) is 24.0 Å². The van der Waals surface area contributed by atoms with Gasteiger partial charge in [0, 0.05) is 25.4 Å². The number of aliphatic imine (C=N–C) groups is 1. The summed E-state index contributed by atoms with van der Waals surface area (Å²) in [5.74, 6) is 0.573. The minimum absolute atomic E-state index is 0. The van der Waals surface area contributed by atoms with Gasteiger partial charge in [-0.1, -0.05) is 0 Å². The van der Waals surface area contributed by atoms with Crippen molar-refractivity contribution in [3.63, 3.8) is 0 Å². The van der Waals surface area contributed by atoms with E-state index in [9.17, 15) is 18.0 Å². The first-order valence-corrected chi connectivity index (χ1v) is 9.63. The fourth-order valence-electron chi connectivity index (χ4n) is 3.08. The van der Waals surface area contributed by atoms with Crippen LogP contribution in [-0.2, 0) is 15.7 Å². The van der Waals surface area contributed by atoms with E-state index in [0.29, 0.717) is 19.1 Å². The predicted molar refractivity (Wildman–Crippen MR) is 117 cm³/mol. The first-order chi connectivity index (χ1) is 13.8. The minimum atomic E-state index is -4.42. The summed E-state index contributed by atoms with van der Waals surface area (Å²) in [6.07, 6.45) is -0.435. The van der Waals surface area contributed by atoms with Crippen molar-refractivity contribution in [1.29, 1.82) is 0 Å². The average Bonchev–Trinajstić information content (AvgIpc) is 2.70. The Morgan fingerprint density at radius 1 is 1.27 bits per heavy atom. The number of carbonyl (C=O) groups is 1. The van der Waals surface area contributed by atoms with E-state index in [1.54, 1.807) is 14.0 Å². The molecule has 1 aromatic rings. The van der Waals surface area contributed by atoms with Gasteiger partial charge >= 0.3 is 12.1 Å². The summed E-state index contributed by atoms with van der Waals surface area (Å²) in [6.45, 7) is 2.82. The first-order valence-electron chi connectivity index (χ1n) is 9.63. The summed E-state index contributed by atoms with van der Waals surface area (Å²) in [4.78, 5) is 19.6. The fourth-order valence-corrected chi connectivity index (χ4v) is 3.08. The van der Waals surface area contributed by atoms with E-state index >= 15 is 0 Å². The third-order valence-electron chi connectivity index (χ3n) is 4.62. The Hall–Kier alpha value is -1.79. The molecule has 1 aromatic heterocycles. The molecule has 0 saturated heterocycles. The molecule has 2 N–H and O–H groups in total. The van der Waals surface area contributed by atoms with Gasteiger partial charge in [0.1, 0.15) is 6.61 Å². The normalized spacial score (nSPS) is 19.4. The predicted octanol–water partition coefficient (Wildman–Crippen LogP) is 3.38. The molecule has 0 radical (unpaired) electrons. The van der Waals surface area contributed by atoms with Crippen LogP contribution in [0.4, 0.5) is 13.2 Å². The molecular weight excluding hydrogens is 516 g/mol. The quantitative estimate of drug-likeness (QED) is 0.180. The Kier molecular flexibility index (Phi) is 11.2. The highest BCUT2D eigenvalue weighted by Gasteiger charge is 2.30. The summed E-state index contributed by atoms with van der Waals surface area (Å²) in [7, 11) is 1.65. The highest BCUT2D eigenvalue weighted by atomic mass is 127. The molecule has 0 unspecified atom stereocenters. The number of pyridine rings is 1. The van der Waals surface area contributed by atoms with Crippen molar-refractivity contribution in [2.75, 3.05) is 26.8 Å². The number of nitrogens with zero attached hydrogens (tertiary/aromatic N) is 2. The van der Waals surface area contributed by atoms with Crippen molar-refractivity contribution in [3.8, 4) is 5.88 Å². The zero-order chi connectivity index (χ0) is 21.3. The molecule has 1 aliphatic carbocycles. The van der Waals surface area contributed by atoms with Crippen LogP contribution in [0.2, 0.25) is 0 Å². The monoisotopic (exact) mass is 544 g/mol. The van der Waals surface area contributed by atoms with Gasteiger partial charge in [0.05, 0.1) is 24.6 Å². The SMILES string of the molecule is CCOC(=O)C1CCC(NC(=NC)NCCOc2ccc(C(F)(F)F)cn2)CC1.I. The van der Waals surface area contributed by atoms with E-state index in [4.69, 9.17) is 9.47 Å².